The normalized spacial score (nSPS) is 14.1. The summed E-state index contributed by atoms with van der Waals surface area (Å²) in [5.41, 5.74) is 0.585. The molecule has 4 nitrogen and oxygen atoms in total. The van der Waals surface area contributed by atoms with Gasteiger partial charge < -0.3 is 14.8 Å². The maximum atomic E-state index is 13.2. The molecule has 0 fully saturated rings. The number of thioether (sulfide) groups is 1. The van der Waals surface area contributed by atoms with E-state index in [9.17, 15) is 13.6 Å². The van der Waals surface area contributed by atoms with Crippen molar-refractivity contribution in [1.29, 1.82) is 0 Å². The fraction of sp³-hybridized carbons (Fsp3) is 0.235. The molecule has 0 bridgehead atoms. The first-order chi connectivity index (χ1) is 11.5. The fourth-order valence-electron chi connectivity index (χ4n) is 2.17. The summed E-state index contributed by atoms with van der Waals surface area (Å²) < 4.78 is 37.0. The van der Waals surface area contributed by atoms with E-state index in [1.807, 2.05) is 0 Å². The van der Waals surface area contributed by atoms with Crippen molar-refractivity contribution in [1.82, 2.24) is 0 Å². The van der Waals surface area contributed by atoms with Gasteiger partial charge in [-0.2, -0.15) is 0 Å². The van der Waals surface area contributed by atoms with Crippen LogP contribution in [0.3, 0.4) is 0 Å². The number of benzene rings is 2. The van der Waals surface area contributed by atoms with Crippen LogP contribution >= 0.6 is 11.8 Å². The Bertz CT molecular complexity index is 769. The minimum Gasteiger partial charge on any atom is -0.486 e. The van der Waals surface area contributed by atoms with Gasteiger partial charge in [0, 0.05) is 16.6 Å². The number of hydrogen-bond acceptors (Lipinski definition) is 4. The molecule has 0 aliphatic carbocycles. The summed E-state index contributed by atoms with van der Waals surface area (Å²) in [7, 11) is 0. The molecule has 1 amide bonds. The Labute approximate surface area is 142 Å². The van der Waals surface area contributed by atoms with Gasteiger partial charge in [-0.25, -0.2) is 8.78 Å². The second kappa shape index (κ2) is 7.09. The number of nitrogens with one attached hydrogen (secondary N) is 1. The first kappa shape index (κ1) is 16.6. The maximum absolute atomic E-state index is 13.2. The molecule has 1 aliphatic rings. The van der Waals surface area contributed by atoms with Crippen LogP contribution in [-0.4, -0.2) is 24.4 Å². The van der Waals surface area contributed by atoms with Crippen molar-refractivity contribution < 1.29 is 23.0 Å². The largest absolute Gasteiger partial charge is 0.486 e. The molecule has 3 rings (SSSR count). The fourth-order valence-corrected chi connectivity index (χ4v) is 3.07. The van der Waals surface area contributed by atoms with Crippen LogP contribution in [0.2, 0.25) is 0 Å². The SMILES string of the molecule is C[C@H](Sc1ccc(F)c(F)c1)C(=O)Nc1ccc2c(c1)OCCO2. The lowest BCUT2D eigenvalue weighted by Gasteiger charge is -2.19. The van der Waals surface area contributed by atoms with Crippen molar-refractivity contribution in [3.8, 4) is 11.5 Å². The number of hydrogen-bond donors (Lipinski definition) is 1. The molecule has 1 atom stereocenters. The van der Waals surface area contributed by atoms with Crippen LogP contribution in [-0.2, 0) is 4.79 Å². The average molecular weight is 351 g/mol. The first-order valence-electron chi connectivity index (χ1n) is 7.35. The molecule has 7 heteroatoms. The molecule has 24 heavy (non-hydrogen) atoms. The quantitative estimate of drug-likeness (QED) is 0.850. The summed E-state index contributed by atoms with van der Waals surface area (Å²) in [6, 6.07) is 8.72. The van der Waals surface area contributed by atoms with Crippen molar-refractivity contribution in [3.05, 3.63) is 48.0 Å². The van der Waals surface area contributed by atoms with E-state index in [1.165, 1.54) is 6.07 Å². The van der Waals surface area contributed by atoms with Crippen molar-refractivity contribution in [3.63, 3.8) is 0 Å². The molecule has 0 saturated carbocycles. The van der Waals surface area contributed by atoms with Gasteiger partial charge >= 0.3 is 0 Å². The molecular formula is C17H15F2NO3S. The summed E-state index contributed by atoms with van der Waals surface area (Å²) >= 11 is 1.15. The zero-order valence-corrected chi connectivity index (χ0v) is 13.7. The zero-order valence-electron chi connectivity index (χ0n) is 12.8. The van der Waals surface area contributed by atoms with Gasteiger partial charge in [0.25, 0.3) is 0 Å². The topological polar surface area (TPSA) is 47.6 Å². The number of rotatable bonds is 4. The van der Waals surface area contributed by atoms with Gasteiger partial charge in [0.15, 0.2) is 23.1 Å². The highest BCUT2D eigenvalue weighted by molar-refractivity contribution is 8.00. The molecule has 1 aliphatic heterocycles. The second-order valence-electron chi connectivity index (χ2n) is 5.18. The van der Waals surface area contributed by atoms with Gasteiger partial charge in [-0.3, -0.25) is 4.79 Å². The van der Waals surface area contributed by atoms with Crippen LogP contribution in [0.15, 0.2) is 41.3 Å². The van der Waals surface area contributed by atoms with Gasteiger partial charge in [-0.1, -0.05) is 0 Å². The van der Waals surface area contributed by atoms with Gasteiger partial charge in [0.05, 0.1) is 5.25 Å². The lowest BCUT2D eigenvalue weighted by atomic mass is 10.2. The lowest BCUT2D eigenvalue weighted by molar-refractivity contribution is -0.115. The van der Waals surface area contributed by atoms with E-state index in [2.05, 4.69) is 5.32 Å². The Balaban J connectivity index is 1.64. The first-order valence-corrected chi connectivity index (χ1v) is 8.23. The Morgan fingerprint density at radius 2 is 1.83 bits per heavy atom. The number of amides is 1. The Morgan fingerprint density at radius 1 is 1.08 bits per heavy atom. The van der Waals surface area contributed by atoms with Gasteiger partial charge in [-0.05, 0) is 37.3 Å². The molecule has 2 aromatic carbocycles. The third-order valence-corrected chi connectivity index (χ3v) is 4.48. The van der Waals surface area contributed by atoms with E-state index in [1.54, 1.807) is 25.1 Å². The van der Waals surface area contributed by atoms with E-state index >= 15 is 0 Å². The van der Waals surface area contributed by atoms with Crippen LogP contribution in [0.25, 0.3) is 0 Å². The highest BCUT2D eigenvalue weighted by Crippen LogP contribution is 2.33. The van der Waals surface area contributed by atoms with E-state index in [0.717, 1.165) is 23.9 Å². The summed E-state index contributed by atoms with van der Waals surface area (Å²) in [5, 5.41) is 2.29. The molecule has 126 valence electrons. The lowest BCUT2D eigenvalue weighted by Crippen LogP contribution is -2.22. The zero-order chi connectivity index (χ0) is 17.1. The Morgan fingerprint density at radius 3 is 2.58 bits per heavy atom. The number of carbonyl (C=O) groups is 1. The predicted molar refractivity (Wildman–Crippen MR) is 87.7 cm³/mol. The van der Waals surface area contributed by atoms with Crippen molar-refractivity contribution in [2.24, 2.45) is 0 Å². The van der Waals surface area contributed by atoms with Crippen LogP contribution in [0.1, 0.15) is 6.92 Å². The average Bonchev–Trinajstić information content (AvgIpc) is 2.58. The number of carbonyl (C=O) groups excluding carboxylic acids is 1. The summed E-state index contributed by atoms with van der Waals surface area (Å²) in [6.45, 7) is 2.66. The summed E-state index contributed by atoms with van der Waals surface area (Å²) in [4.78, 5) is 12.7. The van der Waals surface area contributed by atoms with Crippen LogP contribution in [0.5, 0.6) is 11.5 Å². The standard InChI is InChI=1S/C17H15F2NO3S/c1-10(24-12-3-4-13(18)14(19)9-12)17(21)20-11-2-5-15-16(8-11)23-7-6-22-15/h2-5,8-10H,6-7H2,1H3,(H,20,21)/t10-/m0/s1. The van der Waals surface area contributed by atoms with E-state index < -0.39 is 16.9 Å². The predicted octanol–water partition coefficient (Wildman–Crippen LogP) is 3.86. The third-order valence-electron chi connectivity index (χ3n) is 3.38. The Hall–Kier alpha value is -2.28. The van der Waals surface area contributed by atoms with Crippen LogP contribution < -0.4 is 14.8 Å². The van der Waals surface area contributed by atoms with Gasteiger partial charge in [-0.15, -0.1) is 11.8 Å². The smallest absolute Gasteiger partial charge is 0.237 e. The summed E-state index contributed by atoms with van der Waals surface area (Å²) in [5.74, 6) is -0.864. The summed E-state index contributed by atoms with van der Waals surface area (Å²) in [6.07, 6.45) is 0. The Kier molecular flexibility index (Phi) is 4.89. The molecule has 1 N–H and O–H groups in total. The number of anilines is 1. The van der Waals surface area contributed by atoms with Crippen molar-refractivity contribution in [2.75, 3.05) is 18.5 Å². The van der Waals surface area contributed by atoms with Crippen LogP contribution in [0, 0.1) is 11.6 Å². The van der Waals surface area contributed by atoms with Gasteiger partial charge in [0.1, 0.15) is 13.2 Å². The van der Waals surface area contributed by atoms with E-state index in [4.69, 9.17) is 9.47 Å². The third kappa shape index (κ3) is 3.79. The molecular weight excluding hydrogens is 336 g/mol. The molecule has 2 aromatic rings. The van der Waals surface area contributed by atoms with E-state index in [0.29, 0.717) is 35.3 Å². The molecule has 0 spiro atoms. The number of ether oxygens (including phenoxy) is 2. The molecule has 0 saturated heterocycles. The monoisotopic (exact) mass is 351 g/mol. The highest BCUT2D eigenvalue weighted by atomic mass is 32.2. The molecule has 0 aromatic heterocycles. The van der Waals surface area contributed by atoms with E-state index in [-0.39, 0.29) is 5.91 Å². The maximum Gasteiger partial charge on any atom is 0.237 e. The highest BCUT2D eigenvalue weighted by Gasteiger charge is 2.17. The number of fused-ring (bicyclic) bond motifs is 1. The van der Waals surface area contributed by atoms with Gasteiger partial charge in [0.2, 0.25) is 5.91 Å². The molecule has 1 heterocycles. The second-order valence-corrected chi connectivity index (χ2v) is 6.60. The van der Waals surface area contributed by atoms with Crippen molar-refractivity contribution >= 4 is 23.4 Å². The van der Waals surface area contributed by atoms with Crippen LogP contribution in [0.4, 0.5) is 14.5 Å². The molecule has 0 radical (unpaired) electrons. The minimum absolute atomic E-state index is 0.249. The van der Waals surface area contributed by atoms with Crippen molar-refractivity contribution in [2.45, 2.75) is 17.1 Å². The minimum atomic E-state index is -0.931. The number of halogens is 2. The molecule has 0 unspecified atom stereocenters.